The zero-order valence-electron chi connectivity index (χ0n) is 14.2. The van der Waals surface area contributed by atoms with Crippen molar-refractivity contribution < 1.29 is 23.5 Å². The minimum absolute atomic E-state index is 0.106. The molecule has 0 spiro atoms. The fourth-order valence-electron chi connectivity index (χ4n) is 2.80. The molecule has 0 saturated carbocycles. The van der Waals surface area contributed by atoms with Gasteiger partial charge in [-0.2, -0.15) is 0 Å². The fraction of sp³-hybridized carbons (Fsp3) is 0.222. The first-order valence-electron chi connectivity index (χ1n) is 7.84. The molecule has 134 valence electrons. The number of para-hydroxylation sites is 2. The summed E-state index contributed by atoms with van der Waals surface area (Å²) in [6, 6.07) is 8.02. The molecule has 2 amide bonds. The summed E-state index contributed by atoms with van der Waals surface area (Å²) >= 11 is 0. The summed E-state index contributed by atoms with van der Waals surface area (Å²) in [5.41, 5.74) is 0.989. The minimum atomic E-state index is -0.771. The Kier molecular flexibility index (Phi) is 4.57. The van der Waals surface area contributed by atoms with Crippen molar-refractivity contribution in [1.29, 1.82) is 0 Å². The summed E-state index contributed by atoms with van der Waals surface area (Å²) in [6.45, 7) is 2.34. The molecule has 1 aliphatic rings. The van der Waals surface area contributed by atoms with Crippen molar-refractivity contribution in [3.05, 3.63) is 57.6 Å². The second-order valence-electron chi connectivity index (χ2n) is 5.80. The van der Waals surface area contributed by atoms with Gasteiger partial charge < -0.3 is 14.5 Å². The molecule has 2 heterocycles. The fourth-order valence-corrected chi connectivity index (χ4v) is 2.80. The third kappa shape index (κ3) is 3.34. The number of amides is 2. The largest absolute Gasteiger partial charge is 0.452 e. The first-order chi connectivity index (χ1) is 12.4. The van der Waals surface area contributed by atoms with Gasteiger partial charge in [0.25, 0.3) is 5.91 Å². The SMILES string of the molecule is Cc1cc(=O)oc(C)c1C(=O)OCC(=O)N1CC(=O)Nc2ccccc21. The third-order valence-corrected chi connectivity index (χ3v) is 3.94. The Balaban J connectivity index is 1.75. The van der Waals surface area contributed by atoms with Crippen molar-refractivity contribution >= 4 is 29.2 Å². The number of hydrogen-bond donors (Lipinski definition) is 1. The number of fused-ring (bicyclic) bond motifs is 1. The highest BCUT2D eigenvalue weighted by atomic mass is 16.5. The van der Waals surface area contributed by atoms with E-state index in [4.69, 9.17) is 9.15 Å². The van der Waals surface area contributed by atoms with Gasteiger partial charge in [0.15, 0.2) is 6.61 Å². The first kappa shape index (κ1) is 17.4. The van der Waals surface area contributed by atoms with Gasteiger partial charge in [-0.1, -0.05) is 12.1 Å². The van der Waals surface area contributed by atoms with Crippen LogP contribution in [0.5, 0.6) is 0 Å². The lowest BCUT2D eigenvalue weighted by Gasteiger charge is -2.28. The molecule has 3 rings (SSSR count). The van der Waals surface area contributed by atoms with Crippen molar-refractivity contribution in [1.82, 2.24) is 0 Å². The summed E-state index contributed by atoms with van der Waals surface area (Å²) in [5, 5.41) is 2.67. The molecule has 0 radical (unpaired) electrons. The lowest BCUT2D eigenvalue weighted by atomic mass is 10.1. The molecule has 8 heteroatoms. The van der Waals surface area contributed by atoms with Gasteiger partial charge in [-0.15, -0.1) is 0 Å². The van der Waals surface area contributed by atoms with E-state index in [1.807, 2.05) is 0 Å². The third-order valence-electron chi connectivity index (χ3n) is 3.94. The summed E-state index contributed by atoms with van der Waals surface area (Å²) in [4.78, 5) is 49.0. The van der Waals surface area contributed by atoms with Gasteiger partial charge in [-0.25, -0.2) is 9.59 Å². The van der Waals surface area contributed by atoms with E-state index < -0.39 is 24.1 Å². The highest BCUT2D eigenvalue weighted by Gasteiger charge is 2.27. The van der Waals surface area contributed by atoms with Gasteiger partial charge in [-0.05, 0) is 31.5 Å². The Bertz CT molecular complexity index is 936. The second kappa shape index (κ2) is 6.83. The Morgan fingerprint density at radius 1 is 1.23 bits per heavy atom. The topological polar surface area (TPSA) is 106 Å². The van der Waals surface area contributed by atoms with Crippen LogP contribution in [0.3, 0.4) is 0 Å². The van der Waals surface area contributed by atoms with Gasteiger partial charge in [-0.3, -0.25) is 14.5 Å². The van der Waals surface area contributed by atoms with Gasteiger partial charge >= 0.3 is 11.6 Å². The molecule has 2 aromatic rings. The number of anilines is 2. The number of esters is 1. The Morgan fingerprint density at radius 3 is 2.69 bits per heavy atom. The van der Waals surface area contributed by atoms with Crippen LogP contribution in [-0.4, -0.2) is 30.9 Å². The van der Waals surface area contributed by atoms with E-state index in [1.54, 1.807) is 31.2 Å². The average Bonchev–Trinajstić information content (AvgIpc) is 2.58. The Hall–Kier alpha value is -3.42. The van der Waals surface area contributed by atoms with Crippen LogP contribution in [0.25, 0.3) is 0 Å². The predicted molar refractivity (Wildman–Crippen MR) is 92.2 cm³/mol. The average molecular weight is 356 g/mol. The lowest BCUT2D eigenvalue weighted by Crippen LogP contribution is -2.44. The predicted octanol–water partition coefficient (Wildman–Crippen LogP) is 1.40. The van der Waals surface area contributed by atoms with Crippen LogP contribution >= 0.6 is 0 Å². The molecule has 8 nitrogen and oxygen atoms in total. The molecule has 1 aromatic carbocycles. The van der Waals surface area contributed by atoms with E-state index >= 15 is 0 Å². The van der Waals surface area contributed by atoms with Crippen LogP contribution in [0.15, 0.2) is 39.5 Å². The smallest absolute Gasteiger partial charge is 0.342 e. The Labute approximate surface area is 148 Å². The highest BCUT2D eigenvalue weighted by molar-refractivity contribution is 6.10. The van der Waals surface area contributed by atoms with Crippen molar-refractivity contribution in [3.8, 4) is 0 Å². The van der Waals surface area contributed by atoms with Crippen molar-refractivity contribution in [3.63, 3.8) is 0 Å². The lowest BCUT2D eigenvalue weighted by molar-refractivity contribution is -0.124. The Morgan fingerprint density at radius 2 is 1.96 bits per heavy atom. The molecule has 0 atom stereocenters. The van der Waals surface area contributed by atoms with E-state index in [9.17, 15) is 19.2 Å². The molecule has 0 bridgehead atoms. The highest BCUT2D eigenvalue weighted by Crippen LogP contribution is 2.28. The van der Waals surface area contributed by atoms with Crippen LogP contribution in [0.2, 0.25) is 0 Å². The van der Waals surface area contributed by atoms with Gasteiger partial charge in [0.2, 0.25) is 5.91 Å². The quantitative estimate of drug-likeness (QED) is 0.833. The summed E-state index contributed by atoms with van der Waals surface area (Å²) < 4.78 is 9.96. The molecular formula is C18H16N2O6. The number of nitrogens with one attached hydrogen (secondary N) is 1. The normalized spacial score (nSPS) is 13.0. The maximum atomic E-state index is 12.5. The number of benzene rings is 1. The first-order valence-corrected chi connectivity index (χ1v) is 7.84. The van der Waals surface area contributed by atoms with Crippen molar-refractivity contribution in [2.75, 3.05) is 23.4 Å². The van der Waals surface area contributed by atoms with Crippen molar-refractivity contribution in [2.24, 2.45) is 0 Å². The molecule has 0 fully saturated rings. The number of carbonyl (C=O) groups excluding carboxylic acids is 3. The van der Waals surface area contributed by atoms with E-state index in [0.717, 1.165) is 0 Å². The molecule has 0 saturated heterocycles. The van der Waals surface area contributed by atoms with Gasteiger partial charge in [0.05, 0.1) is 11.4 Å². The van der Waals surface area contributed by atoms with Crippen LogP contribution in [0.4, 0.5) is 11.4 Å². The molecule has 1 aromatic heterocycles. The zero-order valence-corrected chi connectivity index (χ0v) is 14.2. The van der Waals surface area contributed by atoms with Gasteiger partial charge in [0.1, 0.15) is 17.9 Å². The maximum absolute atomic E-state index is 12.5. The standard InChI is InChI=1S/C18H16N2O6/c1-10-7-16(23)26-11(2)17(10)18(24)25-9-15(22)20-8-14(21)19-12-5-3-4-6-13(12)20/h3-7H,8-9H2,1-2H3,(H,19,21). The zero-order chi connectivity index (χ0) is 18.8. The van der Waals surface area contributed by atoms with Gasteiger partial charge in [0, 0.05) is 6.07 Å². The monoisotopic (exact) mass is 356 g/mol. The van der Waals surface area contributed by atoms with E-state index in [1.165, 1.54) is 17.9 Å². The maximum Gasteiger partial charge on any atom is 0.342 e. The summed E-state index contributed by atoms with van der Waals surface area (Å²) in [7, 11) is 0. The summed E-state index contributed by atoms with van der Waals surface area (Å²) in [5.74, 6) is -1.52. The van der Waals surface area contributed by atoms with Crippen molar-refractivity contribution in [2.45, 2.75) is 13.8 Å². The van der Waals surface area contributed by atoms with E-state index in [0.29, 0.717) is 16.9 Å². The molecule has 1 N–H and O–H groups in total. The second-order valence-corrected chi connectivity index (χ2v) is 5.80. The van der Waals surface area contributed by atoms with Crippen LogP contribution in [-0.2, 0) is 14.3 Å². The van der Waals surface area contributed by atoms with E-state index in [2.05, 4.69) is 5.32 Å². The number of rotatable bonds is 3. The number of aryl methyl sites for hydroxylation is 2. The number of hydrogen-bond acceptors (Lipinski definition) is 6. The molecule has 0 aliphatic carbocycles. The number of carbonyl (C=O) groups is 3. The van der Waals surface area contributed by atoms with Crippen LogP contribution < -0.4 is 15.8 Å². The van der Waals surface area contributed by atoms with Crippen LogP contribution in [0.1, 0.15) is 21.7 Å². The molecule has 1 aliphatic heterocycles. The molecule has 0 unspecified atom stereocenters. The van der Waals surface area contributed by atoms with E-state index in [-0.39, 0.29) is 23.8 Å². The molecule has 26 heavy (non-hydrogen) atoms. The number of nitrogens with zero attached hydrogens (tertiary/aromatic N) is 1. The summed E-state index contributed by atoms with van der Waals surface area (Å²) in [6.07, 6.45) is 0. The van der Waals surface area contributed by atoms with Crippen LogP contribution in [0, 0.1) is 13.8 Å². The minimum Gasteiger partial charge on any atom is -0.452 e. The number of ether oxygens (including phenoxy) is 1. The molecular weight excluding hydrogens is 340 g/mol.